The number of rotatable bonds is 4. The van der Waals surface area contributed by atoms with Crippen LogP contribution in [0.5, 0.6) is 11.5 Å². The molecule has 0 radical (unpaired) electrons. The van der Waals surface area contributed by atoms with Crippen LogP contribution < -0.4 is 9.46 Å². The summed E-state index contributed by atoms with van der Waals surface area (Å²) in [6.07, 6.45) is 0.843. The second-order valence-corrected chi connectivity index (χ2v) is 6.51. The molecule has 0 unspecified atom stereocenters. The van der Waals surface area contributed by atoms with Gasteiger partial charge in [0.05, 0.1) is 6.26 Å². The maximum atomic E-state index is 14.0. The highest BCUT2D eigenvalue weighted by Crippen LogP contribution is 2.25. The second-order valence-electron chi connectivity index (χ2n) is 4.76. The van der Waals surface area contributed by atoms with Gasteiger partial charge in [-0.05, 0) is 37.3 Å². The topological polar surface area (TPSA) is 72.5 Å². The summed E-state index contributed by atoms with van der Waals surface area (Å²) in [5.41, 5.74) is 0.930. The van der Waals surface area contributed by atoms with Crippen molar-refractivity contribution in [1.82, 2.24) is 4.72 Å². The number of carbonyl (C=O) groups excluding carboxylic acids is 1. The van der Waals surface area contributed by atoms with Gasteiger partial charge < -0.3 is 4.74 Å². The first-order chi connectivity index (χ1) is 10.2. The smallest absolute Gasteiger partial charge is 0.264 e. The first kappa shape index (κ1) is 16.0. The molecule has 5 nitrogen and oxygen atoms in total. The zero-order valence-corrected chi connectivity index (χ0v) is 12.8. The Labute approximate surface area is 127 Å². The van der Waals surface area contributed by atoms with Crippen molar-refractivity contribution < 1.29 is 22.3 Å². The number of ether oxygens (including phenoxy) is 1. The monoisotopic (exact) mass is 323 g/mol. The molecule has 0 aliphatic carbocycles. The number of aryl methyl sites for hydroxylation is 1. The SMILES string of the molecule is Cc1ccc(Oc2ccc(C(=O)NS(C)(=O)=O)cc2F)cc1. The summed E-state index contributed by atoms with van der Waals surface area (Å²) < 4.78 is 43.1. The van der Waals surface area contributed by atoms with Gasteiger partial charge >= 0.3 is 0 Å². The van der Waals surface area contributed by atoms with E-state index in [4.69, 9.17) is 4.74 Å². The van der Waals surface area contributed by atoms with Gasteiger partial charge in [0.25, 0.3) is 5.91 Å². The molecule has 1 N–H and O–H groups in total. The lowest BCUT2D eigenvalue weighted by Crippen LogP contribution is -2.29. The molecule has 0 heterocycles. The van der Waals surface area contributed by atoms with Crippen molar-refractivity contribution in [2.45, 2.75) is 6.92 Å². The maximum Gasteiger partial charge on any atom is 0.264 e. The average molecular weight is 323 g/mol. The molecule has 0 aromatic heterocycles. The van der Waals surface area contributed by atoms with E-state index in [0.29, 0.717) is 5.75 Å². The first-order valence-corrected chi connectivity index (χ1v) is 8.20. The quantitative estimate of drug-likeness (QED) is 0.939. The molecule has 1 amide bonds. The number of sulfonamides is 1. The third-order valence-corrected chi connectivity index (χ3v) is 3.28. The summed E-state index contributed by atoms with van der Waals surface area (Å²) in [4.78, 5) is 11.6. The number of hydrogen-bond donors (Lipinski definition) is 1. The first-order valence-electron chi connectivity index (χ1n) is 6.31. The standard InChI is InChI=1S/C15H14FNO4S/c1-10-3-6-12(7-4-10)21-14-8-5-11(9-13(14)16)15(18)17-22(2,19)20/h3-9H,1-2H3,(H,17,18). The minimum absolute atomic E-state index is 0.0558. The number of halogens is 1. The van der Waals surface area contributed by atoms with Crippen molar-refractivity contribution in [3.63, 3.8) is 0 Å². The summed E-state index contributed by atoms with van der Waals surface area (Å²) in [6, 6.07) is 10.5. The summed E-state index contributed by atoms with van der Waals surface area (Å²) in [7, 11) is -3.70. The molecule has 7 heteroatoms. The molecule has 0 saturated carbocycles. The lowest BCUT2D eigenvalue weighted by Gasteiger charge is -2.08. The van der Waals surface area contributed by atoms with Crippen LogP contribution in [-0.2, 0) is 10.0 Å². The summed E-state index contributed by atoms with van der Waals surface area (Å²) in [6.45, 7) is 1.92. The van der Waals surface area contributed by atoms with E-state index in [9.17, 15) is 17.6 Å². The van der Waals surface area contributed by atoms with Crippen molar-refractivity contribution >= 4 is 15.9 Å². The van der Waals surface area contributed by atoms with Crippen molar-refractivity contribution in [1.29, 1.82) is 0 Å². The Morgan fingerprint density at radius 3 is 2.32 bits per heavy atom. The molecular weight excluding hydrogens is 309 g/mol. The molecule has 0 saturated heterocycles. The zero-order chi connectivity index (χ0) is 16.3. The van der Waals surface area contributed by atoms with Crippen LogP contribution >= 0.6 is 0 Å². The predicted molar refractivity (Wildman–Crippen MR) is 80.0 cm³/mol. The Bertz CT molecular complexity index is 801. The van der Waals surface area contributed by atoms with Gasteiger partial charge in [-0.25, -0.2) is 17.5 Å². The van der Waals surface area contributed by atoms with Crippen LogP contribution in [0.3, 0.4) is 0 Å². The van der Waals surface area contributed by atoms with E-state index < -0.39 is 21.7 Å². The fraction of sp³-hybridized carbons (Fsp3) is 0.133. The largest absolute Gasteiger partial charge is 0.454 e. The number of benzene rings is 2. The van der Waals surface area contributed by atoms with E-state index in [1.165, 1.54) is 12.1 Å². The van der Waals surface area contributed by atoms with Crippen LogP contribution in [-0.4, -0.2) is 20.6 Å². The van der Waals surface area contributed by atoms with Crippen molar-refractivity contribution in [3.05, 3.63) is 59.4 Å². The second kappa shape index (κ2) is 6.15. The molecular formula is C15H14FNO4S. The molecule has 2 aromatic rings. The fourth-order valence-electron chi connectivity index (χ4n) is 1.69. The highest BCUT2D eigenvalue weighted by atomic mass is 32.2. The Morgan fingerprint density at radius 1 is 1.14 bits per heavy atom. The Hall–Kier alpha value is -2.41. The van der Waals surface area contributed by atoms with Crippen LogP contribution in [0.15, 0.2) is 42.5 Å². The lowest BCUT2D eigenvalue weighted by atomic mass is 10.2. The van der Waals surface area contributed by atoms with Crippen molar-refractivity contribution in [2.24, 2.45) is 0 Å². The van der Waals surface area contributed by atoms with Crippen LogP contribution in [0.2, 0.25) is 0 Å². The van der Waals surface area contributed by atoms with Crippen LogP contribution in [0.4, 0.5) is 4.39 Å². The summed E-state index contributed by atoms with van der Waals surface area (Å²) in [5, 5.41) is 0. The third kappa shape index (κ3) is 4.29. The van der Waals surface area contributed by atoms with Gasteiger partial charge in [0.1, 0.15) is 5.75 Å². The number of carbonyl (C=O) groups is 1. The molecule has 0 aliphatic rings. The van der Waals surface area contributed by atoms with Gasteiger partial charge in [-0.1, -0.05) is 17.7 Å². The lowest BCUT2D eigenvalue weighted by molar-refractivity contribution is 0.0981. The molecule has 116 valence electrons. The molecule has 2 aromatic carbocycles. The normalized spacial score (nSPS) is 11.0. The van der Waals surface area contributed by atoms with Crippen LogP contribution in [0, 0.1) is 12.7 Å². The molecule has 2 rings (SSSR count). The van der Waals surface area contributed by atoms with Crippen LogP contribution in [0.25, 0.3) is 0 Å². The van der Waals surface area contributed by atoms with Gasteiger partial charge in [0, 0.05) is 5.56 Å². The Balaban J connectivity index is 2.19. The number of amides is 1. The van der Waals surface area contributed by atoms with Crippen molar-refractivity contribution in [2.75, 3.05) is 6.26 Å². The third-order valence-electron chi connectivity index (χ3n) is 2.72. The van der Waals surface area contributed by atoms with E-state index in [1.807, 2.05) is 19.1 Å². The molecule has 0 bridgehead atoms. The summed E-state index contributed by atoms with van der Waals surface area (Å²) >= 11 is 0. The number of nitrogens with one attached hydrogen (secondary N) is 1. The minimum Gasteiger partial charge on any atom is -0.454 e. The zero-order valence-electron chi connectivity index (χ0n) is 12.0. The van der Waals surface area contributed by atoms with Gasteiger partial charge in [0.15, 0.2) is 11.6 Å². The maximum absolute atomic E-state index is 14.0. The molecule has 0 fully saturated rings. The van der Waals surface area contributed by atoms with E-state index in [2.05, 4.69) is 0 Å². The van der Waals surface area contributed by atoms with Gasteiger partial charge in [0.2, 0.25) is 10.0 Å². The van der Waals surface area contributed by atoms with E-state index in [0.717, 1.165) is 17.9 Å². The fourth-order valence-corrected chi connectivity index (χ4v) is 2.14. The van der Waals surface area contributed by atoms with Gasteiger partial charge in [-0.2, -0.15) is 0 Å². The predicted octanol–water partition coefficient (Wildman–Crippen LogP) is 2.62. The van der Waals surface area contributed by atoms with Gasteiger partial charge in [-0.15, -0.1) is 0 Å². The molecule has 0 aliphatic heterocycles. The Kier molecular flexibility index (Phi) is 4.46. The van der Waals surface area contributed by atoms with Gasteiger partial charge in [-0.3, -0.25) is 4.79 Å². The highest BCUT2D eigenvalue weighted by Gasteiger charge is 2.14. The van der Waals surface area contributed by atoms with E-state index >= 15 is 0 Å². The van der Waals surface area contributed by atoms with Crippen molar-refractivity contribution in [3.8, 4) is 11.5 Å². The van der Waals surface area contributed by atoms with Crippen LogP contribution in [0.1, 0.15) is 15.9 Å². The van der Waals surface area contributed by atoms with E-state index in [-0.39, 0.29) is 11.3 Å². The highest BCUT2D eigenvalue weighted by molar-refractivity contribution is 7.89. The molecule has 22 heavy (non-hydrogen) atoms. The molecule has 0 spiro atoms. The average Bonchev–Trinajstić information content (AvgIpc) is 2.41. The summed E-state index contributed by atoms with van der Waals surface area (Å²) in [5.74, 6) is -1.26. The number of hydrogen-bond acceptors (Lipinski definition) is 4. The Morgan fingerprint density at radius 2 is 1.77 bits per heavy atom. The minimum atomic E-state index is -3.70. The molecule has 0 atom stereocenters. The van der Waals surface area contributed by atoms with E-state index in [1.54, 1.807) is 16.9 Å².